The molecule has 12 rings (SSSR count). The zero-order valence-electron chi connectivity index (χ0n) is 38.4. The van der Waals surface area contributed by atoms with Gasteiger partial charge in [0.25, 0.3) is 0 Å². The quantitative estimate of drug-likeness (QED) is 0.160. The van der Waals surface area contributed by atoms with E-state index in [0.29, 0.717) is 0 Å². The van der Waals surface area contributed by atoms with Crippen molar-refractivity contribution in [3.8, 4) is 11.1 Å². The minimum Gasteiger partial charge on any atom is -0.341 e. The van der Waals surface area contributed by atoms with Gasteiger partial charge >= 0.3 is 0 Å². The Kier molecular flexibility index (Phi) is 9.36. The van der Waals surface area contributed by atoms with Crippen molar-refractivity contribution >= 4 is 103 Å². The van der Waals surface area contributed by atoms with Crippen LogP contribution in [0.1, 0.15) is 22.3 Å². The Morgan fingerprint density at radius 2 is 0.576 bits per heavy atom. The lowest BCUT2D eigenvalue weighted by molar-refractivity contribution is 1.12. The molecule has 0 N–H and O–H groups in total. The van der Waals surface area contributed by atoms with Gasteiger partial charge in [0.1, 0.15) is 0 Å². The van der Waals surface area contributed by atoms with E-state index in [0.717, 1.165) is 5.69 Å². The molecule has 3 aliphatic heterocycles. The summed E-state index contributed by atoms with van der Waals surface area (Å²) in [6, 6.07) is 72.2. The van der Waals surface area contributed by atoms with Crippen molar-refractivity contribution in [2.24, 2.45) is 0 Å². The third kappa shape index (κ3) is 6.08. The fourth-order valence-corrected chi connectivity index (χ4v) is 11.8. The van der Waals surface area contributed by atoms with E-state index in [4.69, 9.17) is 0 Å². The number of anilines is 10. The highest BCUT2D eigenvalue weighted by Gasteiger charge is 2.41. The maximum atomic E-state index is 2.45. The molecule has 0 aromatic heterocycles. The Bertz CT molecular complexity index is 3210. The van der Waals surface area contributed by atoms with Crippen molar-refractivity contribution in [1.29, 1.82) is 0 Å². The smallest absolute Gasteiger partial charge is 0.240 e. The molecule has 0 spiro atoms. The SMILES string of the molecule is Cc1cc(-c2ccc(N3c4ccccc4N(C)c4ccccc43)cc2)cc(C)c1B1c2ccccc2B(c2c(C)cc(N3c4ccccc4N(C)c4ccccc43)cc2C)c2ccccc21. The number of benzene rings is 9. The first-order valence-corrected chi connectivity index (χ1v) is 23.2. The number of aryl methyl sites for hydroxylation is 4. The van der Waals surface area contributed by atoms with Gasteiger partial charge in [-0.15, -0.1) is 0 Å². The highest BCUT2D eigenvalue weighted by atomic mass is 15.3. The lowest BCUT2D eigenvalue weighted by Gasteiger charge is -2.39. The number of para-hydroxylation sites is 8. The molecule has 0 unspecified atom stereocenters. The third-order valence-electron chi connectivity index (χ3n) is 14.6. The molecule has 9 aromatic carbocycles. The van der Waals surface area contributed by atoms with Crippen LogP contribution in [0.3, 0.4) is 0 Å². The Morgan fingerprint density at radius 3 is 0.924 bits per heavy atom. The van der Waals surface area contributed by atoms with E-state index in [1.807, 2.05) is 0 Å². The van der Waals surface area contributed by atoms with E-state index in [1.165, 1.54) is 117 Å². The van der Waals surface area contributed by atoms with Crippen molar-refractivity contribution in [3.05, 3.63) is 216 Å². The standard InChI is InChI=1S/C60H50B2N4/c1-39-35-44(43-31-33-45(34-32-43)65-55-27-15-11-23-51(55)63(5)52-24-12-16-28-56(52)65)36-40(2)59(39)61-47-19-7-9-21-49(47)62(50-22-10-8-20-48(50)61)60-41(3)37-46(38-42(60)4)66-57-29-17-13-25-53(57)64(6)54-26-14-18-30-58(54)66/h7-38H,1-6H3. The van der Waals surface area contributed by atoms with Crippen molar-refractivity contribution in [3.63, 3.8) is 0 Å². The van der Waals surface area contributed by atoms with Gasteiger partial charge in [-0.2, -0.15) is 0 Å². The van der Waals surface area contributed by atoms with Crippen LogP contribution in [0.15, 0.2) is 194 Å². The van der Waals surface area contributed by atoms with Crippen LogP contribution in [0.5, 0.6) is 0 Å². The van der Waals surface area contributed by atoms with Gasteiger partial charge in [0.05, 0.1) is 45.5 Å². The van der Waals surface area contributed by atoms with Crippen molar-refractivity contribution in [2.75, 3.05) is 33.7 Å². The van der Waals surface area contributed by atoms with E-state index < -0.39 is 0 Å². The van der Waals surface area contributed by atoms with Gasteiger partial charge in [0, 0.05) is 25.5 Å². The summed E-state index contributed by atoms with van der Waals surface area (Å²) in [4.78, 5) is 9.44. The fourth-order valence-electron chi connectivity index (χ4n) is 11.8. The van der Waals surface area contributed by atoms with Gasteiger partial charge in [0.15, 0.2) is 0 Å². The van der Waals surface area contributed by atoms with Gasteiger partial charge in [-0.3, -0.25) is 0 Å². The molecule has 0 saturated heterocycles. The van der Waals surface area contributed by atoms with Crippen LogP contribution in [0.2, 0.25) is 0 Å². The van der Waals surface area contributed by atoms with E-state index in [9.17, 15) is 0 Å². The highest BCUT2D eigenvalue weighted by Crippen LogP contribution is 2.52. The second-order valence-electron chi connectivity index (χ2n) is 18.4. The molecule has 0 aliphatic carbocycles. The van der Waals surface area contributed by atoms with Gasteiger partial charge in [-0.05, 0) is 112 Å². The minimum absolute atomic E-state index is 0.104. The largest absolute Gasteiger partial charge is 0.341 e. The van der Waals surface area contributed by atoms with Crippen molar-refractivity contribution in [1.82, 2.24) is 0 Å². The lowest BCUT2D eigenvalue weighted by atomic mass is 9.20. The zero-order chi connectivity index (χ0) is 44.8. The molecule has 0 amide bonds. The zero-order valence-corrected chi connectivity index (χ0v) is 38.4. The summed E-state index contributed by atoms with van der Waals surface area (Å²) in [7, 11) is 4.33. The molecule has 0 saturated carbocycles. The molecule has 0 fully saturated rings. The van der Waals surface area contributed by atoms with E-state index in [1.54, 1.807) is 0 Å². The van der Waals surface area contributed by atoms with E-state index in [-0.39, 0.29) is 13.4 Å². The minimum atomic E-state index is 0.104. The van der Waals surface area contributed by atoms with Crippen LogP contribution in [-0.4, -0.2) is 27.5 Å². The molecular weight excluding hydrogens is 798 g/mol. The highest BCUT2D eigenvalue weighted by molar-refractivity contribution is 7.11. The summed E-state index contributed by atoms with van der Waals surface area (Å²) in [5.74, 6) is 0. The molecule has 6 heteroatoms. The second-order valence-corrected chi connectivity index (χ2v) is 18.4. The second kappa shape index (κ2) is 15.5. The number of nitrogens with zero attached hydrogens (tertiary/aromatic N) is 4. The average molecular weight is 849 g/mol. The Balaban J connectivity index is 0.918. The number of fused-ring (bicyclic) bond motifs is 6. The normalized spacial score (nSPS) is 13.4. The predicted molar refractivity (Wildman–Crippen MR) is 285 cm³/mol. The van der Waals surface area contributed by atoms with E-state index >= 15 is 0 Å². The molecule has 3 heterocycles. The van der Waals surface area contributed by atoms with Crippen LogP contribution in [0, 0.1) is 27.7 Å². The van der Waals surface area contributed by atoms with Crippen LogP contribution < -0.4 is 52.4 Å². The van der Waals surface area contributed by atoms with Crippen molar-refractivity contribution < 1.29 is 0 Å². The monoisotopic (exact) mass is 848 g/mol. The molecule has 0 atom stereocenters. The van der Waals surface area contributed by atoms with Gasteiger partial charge in [0.2, 0.25) is 13.4 Å². The molecule has 0 bridgehead atoms. The first-order chi connectivity index (χ1) is 32.3. The summed E-state index contributed by atoms with van der Waals surface area (Å²) in [6.45, 7) is 9.49. The molecular formula is C60H50B2N4. The lowest BCUT2D eigenvalue weighted by Crippen LogP contribution is -2.75. The maximum Gasteiger partial charge on any atom is 0.240 e. The summed E-state index contributed by atoms with van der Waals surface area (Å²) in [5, 5.41) is 0. The predicted octanol–water partition coefficient (Wildman–Crippen LogP) is 11.0. The first kappa shape index (κ1) is 39.9. The molecule has 316 valence electrons. The Hall–Kier alpha value is -7.69. The van der Waals surface area contributed by atoms with Crippen LogP contribution in [0.4, 0.5) is 56.9 Å². The van der Waals surface area contributed by atoms with Crippen LogP contribution >= 0.6 is 0 Å². The summed E-state index contributed by atoms with van der Waals surface area (Å²) in [6.07, 6.45) is 0. The van der Waals surface area contributed by atoms with Crippen molar-refractivity contribution in [2.45, 2.75) is 27.7 Å². The number of hydrogen-bond donors (Lipinski definition) is 0. The third-order valence-corrected chi connectivity index (χ3v) is 14.6. The molecule has 3 aliphatic rings. The van der Waals surface area contributed by atoms with Gasteiger partial charge in [-0.25, -0.2) is 0 Å². The summed E-state index contributed by atoms with van der Waals surface area (Å²) >= 11 is 0. The molecule has 0 radical (unpaired) electrons. The first-order valence-electron chi connectivity index (χ1n) is 23.2. The Labute approximate surface area is 390 Å². The molecule has 66 heavy (non-hydrogen) atoms. The van der Waals surface area contributed by atoms with Crippen LogP contribution in [0.25, 0.3) is 11.1 Å². The summed E-state index contributed by atoms with van der Waals surface area (Å²) in [5.41, 5.74) is 27.9. The topological polar surface area (TPSA) is 13.0 Å². The maximum absolute atomic E-state index is 2.45. The fraction of sp³-hybridized carbons (Fsp3) is 0.100. The Morgan fingerprint density at radius 1 is 0.288 bits per heavy atom. The molecule has 4 nitrogen and oxygen atoms in total. The number of hydrogen-bond acceptors (Lipinski definition) is 4. The van der Waals surface area contributed by atoms with Gasteiger partial charge in [-0.1, -0.05) is 176 Å². The van der Waals surface area contributed by atoms with Crippen LogP contribution in [-0.2, 0) is 0 Å². The average Bonchev–Trinajstić information content (AvgIpc) is 3.34. The van der Waals surface area contributed by atoms with Gasteiger partial charge < -0.3 is 19.6 Å². The summed E-state index contributed by atoms with van der Waals surface area (Å²) < 4.78 is 0. The number of rotatable bonds is 5. The molecule has 9 aromatic rings. The van der Waals surface area contributed by atoms with E-state index in [2.05, 4.69) is 256 Å².